The first kappa shape index (κ1) is 14.5. The second kappa shape index (κ2) is 7.66. The van der Waals surface area contributed by atoms with E-state index in [1.807, 2.05) is 0 Å². The lowest BCUT2D eigenvalue weighted by atomic mass is 10.0. The van der Waals surface area contributed by atoms with Crippen LogP contribution in [0, 0.1) is 6.92 Å². The van der Waals surface area contributed by atoms with E-state index in [2.05, 4.69) is 48.3 Å². The standard InChI is InChI=1S/C17H28N2/c1-15-8-3-4-10-17(15)14-18-11-7-13-19-12-6-5-9-16(19)2/h3-4,8,10,16,18H,5-7,9,11-14H2,1-2H3. The van der Waals surface area contributed by atoms with Gasteiger partial charge in [-0.05, 0) is 63.9 Å². The van der Waals surface area contributed by atoms with Gasteiger partial charge in [0.2, 0.25) is 0 Å². The maximum Gasteiger partial charge on any atom is 0.0208 e. The van der Waals surface area contributed by atoms with Crippen molar-refractivity contribution in [2.75, 3.05) is 19.6 Å². The van der Waals surface area contributed by atoms with E-state index in [0.29, 0.717) is 0 Å². The van der Waals surface area contributed by atoms with E-state index in [-0.39, 0.29) is 0 Å². The summed E-state index contributed by atoms with van der Waals surface area (Å²) in [5, 5.41) is 3.57. The molecule has 1 aliphatic rings. The topological polar surface area (TPSA) is 15.3 Å². The molecule has 19 heavy (non-hydrogen) atoms. The van der Waals surface area contributed by atoms with Crippen molar-refractivity contribution in [1.29, 1.82) is 0 Å². The first-order chi connectivity index (χ1) is 9.27. The first-order valence-corrected chi connectivity index (χ1v) is 7.76. The smallest absolute Gasteiger partial charge is 0.0208 e. The van der Waals surface area contributed by atoms with Gasteiger partial charge in [-0.15, -0.1) is 0 Å². The van der Waals surface area contributed by atoms with Crippen LogP contribution in [-0.2, 0) is 6.54 Å². The average molecular weight is 260 g/mol. The molecule has 1 heterocycles. The van der Waals surface area contributed by atoms with Crippen molar-refractivity contribution in [3.63, 3.8) is 0 Å². The second-order valence-electron chi connectivity index (χ2n) is 5.84. The molecular formula is C17H28N2. The number of nitrogens with one attached hydrogen (secondary N) is 1. The minimum absolute atomic E-state index is 0.796. The molecule has 0 aromatic heterocycles. The van der Waals surface area contributed by atoms with Crippen LogP contribution in [0.2, 0.25) is 0 Å². The monoisotopic (exact) mass is 260 g/mol. The van der Waals surface area contributed by atoms with E-state index >= 15 is 0 Å². The third-order valence-corrected chi connectivity index (χ3v) is 4.32. The zero-order valence-corrected chi connectivity index (χ0v) is 12.5. The Bertz CT molecular complexity index is 375. The largest absolute Gasteiger partial charge is 0.313 e. The number of likely N-dealkylation sites (tertiary alicyclic amines) is 1. The van der Waals surface area contributed by atoms with Gasteiger partial charge in [0.25, 0.3) is 0 Å². The Balaban J connectivity index is 1.61. The van der Waals surface area contributed by atoms with Crippen molar-refractivity contribution < 1.29 is 0 Å². The highest BCUT2D eigenvalue weighted by molar-refractivity contribution is 5.25. The number of piperidine rings is 1. The normalized spacial score (nSPS) is 20.6. The van der Waals surface area contributed by atoms with E-state index < -0.39 is 0 Å². The van der Waals surface area contributed by atoms with Crippen LogP contribution in [0.3, 0.4) is 0 Å². The zero-order chi connectivity index (χ0) is 13.5. The van der Waals surface area contributed by atoms with Crippen LogP contribution < -0.4 is 5.32 Å². The van der Waals surface area contributed by atoms with Gasteiger partial charge in [0, 0.05) is 12.6 Å². The molecule has 0 radical (unpaired) electrons. The molecule has 1 aromatic rings. The molecule has 1 saturated heterocycles. The Labute approximate surface area is 118 Å². The summed E-state index contributed by atoms with van der Waals surface area (Å²) in [5.41, 5.74) is 2.81. The summed E-state index contributed by atoms with van der Waals surface area (Å²) in [6, 6.07) is 9.43. The summed E-state index contributed by atoms with van der Waals surface area (Å²) in [4.78, 5) is 2.65. The molecule has 106 valence electrons. The Hall–Kier alpha value is -0.860. The number of nitrogens with zero attached hydrogens (tertiary/aromatic N) is 1. The summed E-state index contributed by atoms with van der Waals surface area (Å²) in [7, 11) is 0. The quantitative estimate of drug-likeness (QED) is 0.789. The Morgan fingerprint density at radius 3 is 2.89 bits per heavy atom. The van der Waals surface area contributed by atoms with Gasteiger partial charge in [-0.2, -0.15) is 0 Å². The molecule has 0 amide bonds. The van der Waals surface area contributed by atoms with Crippen molar-refractivity contribution in [1.82, 2.24) is 10.2 Å². The highest BCUT2D eigenvalue weighted by Gasteiger charge is 2.16. The summed E-state index contributed by atoms with van der Waals surface area (Å²) in [6.07, 6.45) is 5.46. The molecule has 1 aromatic carbocycles. The molecule has 1 atom stereocenters. The number of hydrogen-bond acceptors (Lipinski definition) is 2. The van der Waals surface area contributed by atoms with Gasteiger partial charge >= 0.3 is 0 Å². The molecule has 1 fully saturated rings. The first-order valence-electron chi connectivity index (χ1n) is 7.76. The SMILES string of the molecule is Cc1ccccc1CNCCCN1CCCCC1C. The predicted octanol–water partition coefficient (Wildman–Crippen LogP) is 3.35. The van der Waals surface area contributed by atoms with Crippen LogP contribution in [0.4, 0.5) is 0 Å². The van der Waals surface area contributed by atoms with Gasteiger partial charge in [0.05, 0.1) is 0 Å². The van der Waals surface area contributed by atoms with Crippen LogP contribution in [0.25, 0.3) is 0 Å². The lowest BCUT2D eigenvalue weighted by Gasteiger charge is -2.33. The van der Waals surface area contributed by atoms with Crippen LogP contribution >= 0.6 is 0 Å². The number of aryl methyl sites for hydroxylation is 1. The third kappa shape index (κ3) is 4.63. The number of rotatable bonds is 6. The molecule has 1 aliphatic heterocycles. The van der Waals surface area contributed by atoms with Crippen molar-refractivity contribution in [2.45, 2.75) is 52.1 Å². The van der Waals surface area contributed by atoms with Gasteiger partial charge in [-0.3, -0.25) is 0 Å². The number of hydrogen-bond donors (Lipinski definition) is 1. The highest BCUT2D eigenvalue weighted by Crippen LogP contribution is 2.16. The van der Waals surface area contributed by atoms with Crippen molar-refractivity contribution >= 4 is 0 Å². The van der Waals surface area contributed by atoms with Crippen LogP contribution in [-0.4, -0.2) is 30.6 Å². The predicted molar refractivity (Wildman–Crippen MR) is 82.4 cm³/mol. The fourth-order valence-electron chi connectivity index (χ4n) is 2.93. The van der Waals surface area contributed by atoms with Gasteiger partial charge in [0.1, 0.15) is 0 Å². The second-order valence-corrected chi connectivity index (χ2v) is 5.84. The molecule has 2 nitrogen and oxygen atoms in total. The fourth-order valence-corrected chi connectivity index (χ4v) is 2.93. The van der Waals surface area contributed by atoms with Crippen LogP contribution in [0.1, 0.15) is 43.7 Å². The fraction of sp³-hybridized carbons (Fsp3) is 0.647. The molecule has 2 heteroatoms. The highest BCUT2D eigenvalue weighted by atomic mass is 15.2. The third-order valence-electron chi connectivity index (χ3n) is 4.32. The Morgan fingerprint density at radius 2 is 2.11 bits per heavy atom. The van der Waals surface area contributed by atoms with E-state index in [9.17, 15) is 0 Å². The summed E-state index contributed by atoms with van der Waals surface area (Å²) >= 11 is 0. The molecular weight excluding hydrogens is 232 g/mol. The lowest BCUT2D eigenvalue weighted by molar-refractivity contribution is 0.159. The van der Waals surface area contributed by atoms with Crippen molar-refractivity contribution in [3.05, 3.63) is 35.4 Å². The molecule has 0 spiro atoms. The maximum absolute atomic E-state index is 3.57. The van der Waals surface area contributed by atoms with Gasteiger partial charge in [-0.25, -0.2) is 0 Å². The minimum atomic E-state index is 0.796. The summed E-state index contributed by atoms with van der Waals surface area (Å²) in [5.74, 6) is 0. The van der Waals surface area contributed by atoms with Gasteiger partial charge < -0.3 is 10.2 Å². The molecule has 2 rings (SSSR count). The molecule has 1 unspecified atom stereocenters. The van der Waals surface area contributed by atoms with E-state index in [1.54, 1.807) is 0 Å². The van der Waals surface area contributed by atoms with Gasteiger partial charge in [-0.1, -0.05) is 30.7 Å². The average Bonchev–Trinajstić information content (AvgIpc) is 2.42. The van der Waals surface area contributed by atoms with Crippen LogP contribution in [0.15, 0.2) is 24.3 Å². The number of benzene rings is 1. The lowest BCUT2D eigenvalue weighted by Crippen LogP contribution is -2.38. The molecule has 0 bridgehead atoms. The van der Waals surface area contributed by atoms with E-state index in [4.69, 9.17) is 0 Å². The summed E-state index contributed by atoms with van der Waals surface area (Å²) in [6.45, 7) is 9.24. The maximum atomic E-state index is 3.57. The Morgan fingerprint density at radius 1 is 1.26 bits per heavy atom. The molecule has 0 aliphatic carbocycles. The zero-order valence-electron chi connectivity index (χ0n) is 12.5. The Kier molecular flexibility index (Phi) is 5.87. The minimum Gasteiger partial charge on any atom is -0.313 e. The van der Waals surface area contributed by atoms with E-state index in [1.165, 1.54) is 49.9 Å². The summed E-state index contributed by atoms with van der Waals surface area (Å²) < 4.78 is 0. The van der Waals surface area contributed by atoms with Gasteiger partial charge in [0.15, 0.2) is 0 Å². The molecule has 0 saturated carbocycles. The van der Waals surface area contributed by atoms with Crippen LogP contribution in [0.5, 0.6) is 0 Å². The molecule has 1 N–H and O–H groups in total. The van der Waals surface area contributed by atoms with Crippen molar-refractivity contribution in [2.24, 2.45) is 0 Å². The van der Waals surface area contributed by atoms with Crippen molar-refractivity contribution in [3.8, 4) is 0 Å². The van der Waals surface area contributed by atoms with E-state index in [0.717, 1.165) is 19.1 Å².